The lowest BCUT2D eigenvalue weighted by atomic mass is 10.2. The molecule has 0 atom stereocenters. The zero-order valence-electron chi connectivity index (χ0n) is 14.8. The van der Waals surface area contributed by atoms with E-state index < -0.39 is 0 Å². The molecule has 0 spiro atoms. The van der Waals surface area contributed by atoms with Crippen LogP contribution in [0.4, 0.5) is 10.9 Å². The zero-order valence-corrected chi connectivity index (χ0v) is 16.4. The van der Waals surface area contributed by atoms with Crippen LogP contribution in [0.15, 0.2) is 30.6 Å². The van der Waals surface area contributed by atoms with E-state index >= 15 is 0 Å². The molecule has 3 aromatic heterocycles. The maximum absolute atomic E-state index is 4.80. The van der Waals surface area contributed by atoms with E-state index in [1.54, 1.807) is 29.0 Å². The minimum atomic E-state index is 0.955. The molecule has 26 heavy (non-hydrogen) atoms. The number of hydrogen-bond donors (Lipinski definition) is 0. The standard InChI is InChI=1S/C19H19N5S2/c1-12-13(2)25-18-16(12)17(20-11-21-18)23-7-9-24(10-8-23)19-22-14-5-3-4-6-15(14)26-19/h3-6,11H,7-10H2,1-2H3. The fourth-order valence-electron chi connectivity index (χ4n) is 3.51. The lowest BCUT2D eigenvalue weighted by molar-refractivity contribution is 0.648. The Kier molecular flexibility index (Phi) is 3.79. The SMILES string of the molecule is Cc1sc2ncnc(N3CCN(c4nc5ccccc5s4)CC3)c2c1C. The van der Waals surface area contributed by atoms with Crippen LogP contribution in [0.25, 0.3) is 20.4 Å². The molecule has 1 aromatic carbocycles. The second-order valence-electron chi connectivity index (χ2n) is 6.60. The number of aromatic nitrogens is 3. The van der Waals surface area contributed by atoms with Crippen LogP contribution in [-0.4, -0.2) is 41.1 Å². The van der Waals surface area contributed by atoms with Crippen molar-refractivity contribution in [2.75, 3.05) is 36.0 Å². The van der Waals surface area contributed by atoms with Gasteiger partial charge in [0.15, 0.2) is 5.13 Å². The molecule has 0 aliphatic carbocycles. The largest absolute Gasteiger partial charge is 0.352 e. The first-order chi connectivity index (χ1) is 12.7. The highest BCUT2D eigenvalue weighted by molar-refractivity contribution is 7.22. The molecule has 1 fully saturated rings. The number of rotatable bonds is 2. The van der Waals surface area contributed by atoms with Gasteiger partial charge < -0.3 is 9.80 Å². The van der Waals surface area contributed by atoms with Gasteiger partial charge in [-0.25, -0.2) is 15.0 Å². The van der Waals surface area contributed by atoms with Crippen LogP contribution in [0.2, 0.25) is 0 Å². The second kappa shape index (κ2) is 6.17. The lowest BCUT2D eigenvalue weighted by Crippen LogP contribution is -2.46. The van der Waals surface area contributed by atoms with Gasteiger partial charge in [0.1, 0.15) is 17.0 Å². The number of anilines is 2. The van der Waals surface area contributed by atoms with Gasteiger partial charge in [0.2, 0.25) is 0 Å². The Bertz CT molecular complexity index is 1060. The van der Waals surface area contributed by atoms with Crippen LogP contribution < -0.4 is 9.80 Å². The summed E-state index contributed by atoms with van der Waals surface area (Å²) in [5, 5.41) is 2.35. The topological polar surface area (TPSA) is 45.2 Å². The normalized spacial score (nSPS) is 15.3. The Hall–Kier alpha value is -2.25. The molecule has 0 radical (unpaired) electrons. The molecule has 1 aliphatic rings. The van der Waals surface area contributed by atoms with Crippen molar-refractivity contribution in [3.8, 4) is 0 Å². The number of para-hydroxylation sites is 1. The number of thiophene rings is 1. The zero-order chi connectivity index (χ0) is 17.7. The van der Waals surface area contributed by atoms with Crippen LogP contribution in [0.1, 0.15) is 10.4 Å². The van der Waals surface area contributed by atoms with Crippen LogP contribution in [0, 0.1) is 13.8 Å². The summed E-state index contributed by atoms with van der Waals surface area (Å²) in [6.07, 6.45) is 1.70. The lowest BCUT2D eigenvalue weighted by Gasteiger charge is -2.35. The van der Waals surface area contributed by atoms with Gasteiger partial charge in [-0.1, -0.05) is 23.5 Å². The van der Waals surface area contributed by atoms with E-state index in [0.29, 0.717) is 0 Å². The third-order valence-electron chi connectivity index (χ3n) is 5.08. The monoisotopic (exact) mass is 381 g/mol. The number of benzene rings is 1. The number of hydrogen-bond acceptors (Lipinski definition) is 7. The minimum absolute atomic E-state index is 0.955. The van der Waals surface area contributed by atoms with Crippen molar-refractivity contribution < 1.29 is 0 Å². The summed E-state index contributed by atoms with van der Waals surface area (Å²) in [6.45, 7) is 8.18. The molecule has 1 aliphatic heterocycles. The third-order valence-corrected chi connectivity index (χ3v) is 7.29. The first-order valence-corrected chi connectivity index (χ1v) is 10.4. The molecule has 5 rings (SSSR count). The summed E-state index contributed by atoms with van der Waals surface area (Å²) in [6, 6.07) is 8.36. The maximum Gasteiger partial charge on any atom is 0.186 e. The fourth-order valence-corrected chi connectivity index (χ4v) is 5.52. The number of aryl methyl sites for hydroxylation is 2. The Balaban J connectivity index is 1.40. The Morgan fingerprint density at radius 1 is 0.923 bits per heavy atom. The van der Waals surface area contributed by atoms with Crippen molar-refractivity contribution in [2.45, 2.75) is 13.8 Å². The van der Waals surface area contributed by atoms with Crippen molar-refractivity contribution in [2.24, 2.45) is 0 Å². The Labute approximate surface area is 159 Å². The van der Waals surface area contributed by atoms with Crippen molar-refractivity contribution in [3.63, 3.8) is 0 Å². The van der Waals surface area contributed by atoms with Crippen LogP contribution in [0.3, 0.4) is 0 Å². The van der Waals surface area contributed by atoms with Crippen molar-refractivity contribution in [3.05, 3.63) is 41.0 Å². The van der Waals surface area contributed by atoms with Gasteiger partial charge >= 0.3 is 0 Å². The van der Waals surface area contributed by atoms with E-state index in [-0.39, 0.29) is 0 Å². The molecule has 0 unspecified atom stereocenters. The van der Waals surface area contributed by atoms with Gasteiger partial charge in [-0.3, -0.25) is 0 Å². The van der Waals surface area contributed by atoms with E-state index in [0.717, 1.165) is 47.5 Å². The summed E-state index contributed by atoms with van der Waals surface area (Å²) < 4.78 is 1.26. The van der Waals surface area contributed by atoms with E-state index in [1.807, 2.05) is 0 Å². The highest BCUT2D eigenvalue weighted by atomic mass is 32.1. The average molecular weight is 382 g/mol. The van der Waals surface area contributed by atoms with Crippen molar-refractivity contribution >= 4 is 54.1 Å². The van der Waals surface area contributed by atoms with E-state index in [1.165, 1.54) is 20.5 Å². The van der Waals surface area contributed by atoms with Crippen molar-refractivity contribution in [1.29, 1.82) is 0 Å². The summed E-state index contributed by atoms with van der Waals surface area (Å²) in [7, 11) is 0. The Morgan fingerprint density at radius 2 is 1.69 bits per heavy atom. The summed E-state index contributed by atoms with van der Waals surface area (Å²) >= 11 is 3.54. The third kappa shape index (κ3) is 2.54. The molecule has 4 aromatic rings. The Morgan fingerprint density at radius 3 is 2.50 bits per heavy atom. The number of thiazole rings is 1. The van der Waals surface area contributed by atoms with Gasteiger partial charge in [-0.05, 0) is 31.5 Å². The predicted octanol–water partition coefficient (Wildman–Crippen LogP) is 4.24. The van der Waals surface area contributed by atoms with Gasteiger partial charge in [-0.15, -0.1) is 11.3 Å². The van der Waals surface area contributed by atoms with Gasteiger partial charge in [0, 0.05) is 31.1 Å². The summed E-state index contributed by atoms with van der Waals surface area (Å²) in [5.41, 5.74) is 2.41. The van der Waals surface area contributed by atoms with Crippen molar-refractivity contribution in [1.82, 2.24) is 15.0 Å². The highest BCUT2D eigenvalue weighted by Gasteiger charge is 2.23. The molecule has 132 valence electrons. The smallest absolute Gasteiger partial charge is 0.186 e. The first-order valence-electron chi connectivity index (χ1n) is 8.77. The molecular weight excluding hydrogens is 362 g/mol. The molecule has 5 nitrogen and oxygen atoms in total. The van der Waals surface area contributed by atoms with Crippen LogP contribution >= 0.6 is 22.7 Å². The molecule has 0 amide bonds. The second-order valence-corrected chi connectivity index (χ2v) is 8.81. The molecule has 7 heteroatoms. The number of piperazine rings is 1. The van der Waals surface area contributed by atoms with E-state index in [9.17, 15) is 0 Å². The molecule has 4 heterocycles. The van der Waals surface area contributed by atoms with Crippen LogP contribution in [0.5, 0.6) is 0 Å². The van der Waals surface area contributed by atoms with Gasteiger partial charge in [0.05, 0.1) is 15.6 Å². The minimum Gasteiger partial charge on any atom is -0.352 e. The summed E-state index contributed by atoms with van der Waals surface area (Å²) in [5.74, 6) is 1.08. The first kappa shape index (κ1) is 16.0. The van der Waals surface area contributed by atoms with Gasteiger partial charge in [0.25, 0.3) is 0 Å². The highest BCUT2D eigenvalue weighted by Crippen LogP contribution is 2.35. The molecule has 0 N–H and O–H groups in total. The van der Waals surface area contributed by atoms with Crippen LogP contribution in [-0.2, 0) is 0 Å². The van der Waals surface area contributed by atoms with Gasteiger partial charge in [-0.2, -0.15) is 0 Å². The number of fused-ring (bicyclic) bond motifs is 2. The quantitative estimate of drug-likeness (QED) is 0.519. The predicted molar refractivity (Wildman–Crippen MR) is 111 cm³/mol. The molecule has 1 saturated heterocycles. The fraction of sp³-hybridized carbons (Fsp3) is 0.316. The molecule has 0 saturated carbocycles. The molecule has 0 bridgehead atoms. The maximum atomic E-state index is 4.80. The number of nitrogens with zero attached hydrogens (tertiary/aromatic N) is 5. The average Bonchev–Trinajstić information content (AvgIpc) is 3.23. The van der Waals surface area contributed by atoms with E-state index in [4.69, 9.17) is 4.98 Å². The van der Waals surface area contributed by atoms with E-state index in [2.05, 4.69) is 57.9 Å². The molecular formula is C19H19N5S2. The summed E-state index contributed by atoms with van der Waals surface area (Å²) in [4.78, 5) is 21.1.